The number of para-hydroxylation sites is 1. The second kappa shape index (κ2) is 6.64. The van der Waals surface area contributed by atoms with Crippen LogP contribution >= 0.6 is 0 Å². The summed E-state index contributed by atoms with van der Waals surface area (Å²) < 4.78 is 16.0. The Balaban J connectivity index is 1.70. The third-order valence-electron chi connectivity index (χ3n) is 4.20. The molecule has 4 rings (SSSR count). The molecule has 2 aromatic heterocycles. The van der Waals surface area contributed by atoms with Crippen molar-refractivity contribution in [2.24, 2.45) is 7.05 Å². The van der Waals surface area contributed by atoms with E-state index in [1.54, 1.807) is 17.8 Å². The fraction of sp³-hybridized carbons (Fsp3) is 0.158. The number of aromatic nitrogens is 5. The molecule has 0 aliphatic carbocycles. The summed E-state index contributed by atoms with van der Waals surface area (Å²) in [7, 11) is 1.67. The monoisotopic (exact) mass is 364 g/mol. The molecule has 0 fully saturated rings. The second-order valence-electron chi connectivity index (χ2n) is 6.27. The average Bonchev–Trinajstić information content (AvgIpc) is 3.19. The molecule has 136 valence electrons. The van der Waals surface area contributed by atoms with Crippen LogP contribution in [0.15, 0.2) is 48.7 Å². The van der Waals surface area contributed by atoms with Crippen LogP contribution in [0.25, 0.3) is 22.2 Å². The molecule has 7 nitrogen and oxygen atoms in total. The number of hydrogen-bond donors (Lipinski definition) is 1. The first-order valence-electron chi connectivity index (χ1n) is 8.39. The van der Waals surface area contributed by atoms with Crippen LogP contribution < -0.4 is 5.32 Å². The molecular formula is C19H17FN6O. The van der Waals surface area contributed by atoms with E-state index < -0.39 is 0 Å². The fourth-order valence-electron chi connectivity index (χ4n) is 2.98. The number of benzene rings is 2. The van der Waals surface area contributed by atoms with Crippen LogP contribution in [0, 0.1) is 12.7 Å². The van der Waals surface area contributed by atoms with E-state index in [0.29, 0.717) is 17.1 Å². The van der Waals surface area contributed by atoms with Gasteiger partial charge in [-0.3, -0.25) is 9.48 Å². The van der Waals surface area contributed by atoms with E-state index in [4.69, 9.17) is 0 Å². The number of carbonyl (C=O) groups excluding carboxylic acids is 1. The van der Waals surface area contributed by atoms with Crippen LogP contribution in [0.1, 0.15) is 5.56 Å². The minimum absolute atomic E-state index is 0.0232. The molecule has 27 heavy (non-hydrogen) atoms. The normalized spacial score (nSPS) is 11.1. The van der Waals surface area contributed by atoms with Crippen molar-refractivity contribution in [1.82, 2.24) is 24.8 Å². The summed E-state index contributed by atoms with van der Waals surface area (Å²) in [6.45, 7) is 1.81. The minimum atomic E-state index is -0.339. The quantitative estimate of drug-likeness (QED) is 0.604. The number of nitrogens with zero attached hydrogens (tertiary/aromatic N) is 5. The van der Waals surface area contributed by atoms with E-state index in [-0.39, 0.29) is 18.3 Å². The van der Waals surface area contributed by atoms with Gasteiger partial charge in [-0.15, -0.1) is 5.10 Å². The molecule has 0 aliphatic rings. The number of halogens is 1. The number of carbonyl (C=O) groups is 1. The van der Waals surface area contributed by atoms with Gasteiger partial charge < -0.3 is 5.32 Å². The van der Waals surface area contributed by atoms with Crippen molar-refractivity contribution in [1.29, 1.82) is 0 Å². The Labute approximate surface area is 154 Å². The van der Waals surface area contributed by atoms with Gasteiger partial charge in [-0.25, -0.2) is 4.39 Å². The lowest BCUT2D eigenvalue weighted by atomic mass is 10.1. The molecule has 0 saturated carbocycles. The Morgan fingerprint density at radius 2 is 2.00 bits per heavy atom. The molecule has 0 spiro atoms. The van der Waals surface area contributed by atoms with Gasteiger partial charge in [0.05, 0.1) is 11.7 Å². The lowest BCUT2D eigenvalue weighted by molar-refractivity contribution is -0.116. The highest BCUT2D eigenvalue weighted by molar-refractivity contribution is 5.95. The molecule has 0 saturated heterocycles. The zero-order chi connectivity index (χ0) is 19.0. The van der Waals surface area contributed by atoms with E-state index >= 15 is 0 Å². The summed E-state index contributed by atoms with van der Waals surface area (Å²) in [5.74, 6) is -0.266. The topological polar surface area (TPSA) is 77.6 Å². The van der Waals surface area contributed by atoms with Crippen LogP contribution in [0.3, 0.4) is 0 Å². The van der Waals surface area contributed by atoms with E-state index in [9.17, 15) is 9.18 Å². The summed E-state index contributed by atoms with van der Waals surface area (Å²) in [4.78, 5) is 13.7. The van der Waals surface area contributed by atoms with Crippen molar-refractivity contribution in [3.63, 3.8) is 0 Å². The Morgan fingerprint density at radius 1 is 1.19 bits per heavy atom. The molecule has 8 heteroatoms. The highest BCUT2D eigenvalue weighted by atomic mass is 19.1. The van der Waals surface area contributed by atoms with Gasteiger partial charge in [0.2, 0.25) is 5.91 Å². The van der Waals surface area contributed by atoms with Gasteiger partial charge in [0.15, 0.2) is 5.82 Å². The van der Waals surface area contributed by atoms with E-state index in [1.807, 2.05) is 37.3 Å². The maximum absolute atomic E-state index is 14.5. The Hall–Kier alpha value is -3.55. The third kappa shape index (κ3) is 3.29. The molecule has 2 heterocycles. The Kier molecular flexibility index (Phi) is 4.15. The first-order chi connectivity index (χ1) is 13.0. The van der Waals surface area contributed by atoms with Crippen LogP contribution in [-0.2, 0) is 18.4 Å². The van der Waals surface area contributed by atoms with Crippen molar-refractivity contribution >= 4 is 22.6 Å². The molecule has 1 N–H and O–H groups in total. The number of anilines is 1. The molecule has 0 bridgehead atoms. The standard InChI is InChI=1S/C19H17FN6O/c1-12-7-8-13(15(20)9-12)19-14-5-3-4-6-16(14)26(24-19)11-18(27)22-17-10-21-25(2)23-17/h3-10H,11H2,1-2H3,(H,22,23,27). The largest absolute Gasteiger partial charge is 0.306 e. The fourth-order valence-corrected chi connectivity index (χ4v) is 2.98. The average molecular weight is 364 g/mol. The lowest BCUT2D eigenvalue weighted by Gasteiger charge is -2.03. The van der Waals surface area contributed by atoms with Gasteiger partial charge in [-0.2, -0.15) is 15.0 Å². The third-order valence-corrected chi connectivity index (χ3v) is 4.20. The Morgan fingerprint density at radius 3 is 2.74 bits per heavy atom. The van der Waals surface area contributed by atoms with Gasteiger partial charge in [0.1, 0.15) is 18.1 Å². The summed E-state index contributed by atoms with van der Waals surface area (Å²) in [5, 5.41) is 15.9. The van der Waals surface area contributed by atoms with Crippen molar-refractivity contribution in [3.8, 4) is 11.3 Å². The van der Waals surface area contributed by atoms with Crippen molar-refractivity contribution in [3.05, 3.63) is 60.0 Å². The van der Waals surface area contributed by atoms with Crippen molar-refractivity contribution in [2.45, 2.75) is 13.5 Å². The first-order valence-corrected chi connectivity index (χ1v) is 8.39. The number of nitrogens with one attached hydrogen (secondary N) is 1. The highest BCUT2D eigenvalue weighted by Gasteiger charge is 2.17. The minimum Gasteiger partial charge on any atom is -0.306 e. The van der Waals surface area contributed by atoms with Crippen molar-refractivity contribution in [2.75, 3.05) is 5.32 Å². The first kappa shape index (κ1) is 16.9. The van der Waals surface area contributed by atoms with Gasteiger partial charge in [0.25, 0.3) is 0 Å². The van der Waals surface area contributed by atoms with Gasteiger partial charge in [-0.1, -0.05) is 24.3 Å². The maximum Gasteiger partial charge on any atom is 0.247 e. The van der Waals surface area contributed by atoms with Gasteiger partial charge >= 0.3 is 0 Å². The maximum atomic E-state index is 14.5. The summed E-state index contributed by atoms with van der Waals surface area (Å²) in [5.41, 5.74) is 2.50. The highest BCUT2D eigenvalue weighted by Crippen LogP contribution is 2.30. The Bertz CT molecular complexity index is 1150. The van der Waals surface area contributed by atoms with Crippen molar-refractivity contribution < 1.29 is 9.18 Å². The molecular weight excluding hydrogens is 347 g/mol. The van der Waals surface area contributed by atoms with Crippen LogP contribution in [0.4, 0.5) is 10.2 Å². The predicted molar refractivity (Wildman–Crippen MR) is 99.5 cm³/mol. The predicted octanol–water partition coefficient (Wildman–Crippen LogP) is 2.92. The molecule has 4 aromatic rings. The number of hydrogen-bond acceptors (Lipinski definition) is 4. The lowest BCUT2D eigenvalue weighted by Crippen LogP contribution is -2.19. The zero-order valence-corrected chi connectivity index (χ0v) is 14.8. The zero-order valence-electron chi connectivity index (χ0n) is 14.8. The molecule has 0 aliphatic heterocycles. The molecule has 1 amide bonds. The van der Waals surface area contributed by atoms with Crippen LogP contribution in [-0.4, -0.2) is 30.7 Å². The second-order valence-corrected chi connectivity index (χ2v) is 6.27. The van der Waals surface area contributed by atoms with E-state index in [1.165, 1.54) is 17.1 Å². The summed E-state index contributed by atoms with van der Waals surface area (Å²) in [6.07, 6.45) is 1.46. The molecule has 0 atom stereocenters. The molecule has 0 radical (unpaired) electrons. The van der Waals surface area contributed by atoms with Gasteiger partial charge in [0, 0.05) is 18.0 Å². The number of amides is 1. The molecule has 2 aromatic carbocycles. The molecule has 0 unspecified atom stereocenters. The summed E-state index contributed by atoms with van der Waals surface area (Å²) >= 11 is 0. The van der Waals surface area contributed by atoms with Crippen LogP contribution in [0.2, 0.25) is 0 Å². The number of aryl methyl sites for hydroxylation is 2. The van der Waals surface area contributed by atoms with E-state index in [0.717, 1.165) is 16.5 Å². The number of fused-ring (bicyclic) bond motifs is 1. The number of rotatable bonds is 4. The van der Waals surface area contributed by atoms with Gasteiger partial charge in [-0.05, 0) is 30.7 Å². The summed E-state index contributed by atoms with van der Waals surface area (Å²) in [6, 6.07) is 12.5. The SMILES string of the molecule is Cc1ccc(-c2nn(CC(=O)Nc3cnn(C)n3)c3ccccc23)c(F)c1. The van der Waals surface area contributed by atoms with E-state index in [2.05, 4.69) is 20.6 Å². The smallest absolute Gasteiger partial charge is 0.247 e. The van der Waals surface area contributed by atoms with Crippen LogP contribution in [0.5, 0.6) is 0 Å².